The van der Waals surface area contributed by atoms with Crippen molar-refractivity contribution in [3.8, 4) is 5.69 Å². The summed E-state index contributed by atoms with van der Waals surface area (Å²) in [4.78, 5) is 28.1. The molecule has 7 heteroatoms. The normalized spacial score (nSPS) is 10.8. The second-order valence-electron chi connectivity index (χ2n) is 6.25. The van der Waals surface area contributed by atoms with E-state index in [2.05, 4.69) is 5.32 Å². The van der Waals surface area contributed by atoms with E-state index >= 15 is 0 Å². The first kappa shape index (κ1) is 18.0. The van der Waals surface area contributed by atoms with Gasteiger partial charge in [0.15, 0.2) is 0 Å². The summed E-state index contributed by atoms with van der Waals surface area (Å²) in [7, 11) is 3.53. The van der Waals surface area contributed by atoms with Gasteiger partial charge in [-0.3, -0.25) is 9.48 Å². The number of thiophene rings is 1. The highest BCUT2D eigenvalue weighted by molar-refractivity contribution is 7.10. The van der Waals surface area contributed by atoms with Crippen LogP contribution in [-0.4, -0.2) is 27.3 Å². The molecule has 3 rings (SSSR count). The van der Waals surface area contributed by atoms with Crippen LogP contribution in [0, 0.1) is 13.8 Å². The largest absolute Gasteiger partial charge is 0.322 e. The molecule has 3 aromatic rings. The van der Waals surface area contributed by atoms with Crippen LogP contribution in [0.2, 0.25) is 0 Å². The van der Waals surface area contributed by atoms with Crippen LogP contribution in [0.1, 0.15) is 16.1 Å². The van der Waals surface area contributed by atoms with E-state index in [1.807, 2.05) is 55.6 Å². The van der Waals surface area contributed by atoms with E-state index in [9.17, 15) is 9.59 Å². The predicted octanol–water partition coefficient (Wildman–Crippen LogP) is 3.52. The summed E-state index contributed by atoms with van der Waals surface area (Å²) in [5, 5.41) is 4.79. The van der Waals surface area contributed by atoms with E-state index in [1.165, 1.54) is 0 Å². The summed E-state index contributed by atoms with van der Waals surface area (Å²) in [6.07, 6.45) is 0. The summed E-state index contributed by atoms with van der Waals surface area (Å²) in [5.74, 6) is 0. The Labute approximate surface area is 156 Å². The van der Waals surface area contributed by atoms with Crippen molar-refractivity contribution >= 4 is 23.1 Å². The van der Waals surface area contributed by atoms with Crippen molar-refractivity contribution in [2.24, 2.45) is 7.05 Å². The van der Waals surface area contributed by atoms with Crippen LogP contribution in [-0.2, 0) is 13.6 Å². The number of hydrogen-bond donors (Lipinski definition) is 1. The first-order chi connectivity index (χ1) is 12.4. The molecular weight excluding hydrogens is 348 g/mol. The fourth-order valence-corrected chi connectivity index (χ4v) is 3.73. The minimum absolute atomic E-state index is 0.245. The highest BCUT2D eigenvalue weighted by Crippen LogP contribution is 2.18. The molecule has 0 spiro atoms. The zero-order chi connectivity index (χ0) is 18.8. The molecule has 0 atom stereocenters. The van der Waals surface area contributed by atoms with Gasteiger partial charge in [0.25, 0.3) is 5.56 Å². The molecule has 26 heavy (non-hydrogen) atoms. The van der Waals surface area contributed by atoms with E-state index in [-0.39, 0.29) is 11.6 Å². The number of hydrogen-bond acceptors (Lipinski definition) is 3. The molecule has 1 N–H and O–H groups in total. The predicted molar refractivity (Wildman–Crippen MR) is 105 cm³/mol. The average Bonchev–Trinajstić information content (AvgIpc) is 3.12. The van der Waals surface area contributed by atoms with Gasteiger partial charge in [-0.25, -0.2) is 9.48 Å². The van der Waals surface area contributed by atoms with E-state index in [1.54, 1.807) is 39.7 Å². The van der Waals surface area contributed by atoms with Gasteiger partial charge in [-0.15, -0.1) is 11.3 Å². The number of nitrogens with one attached hydrogen (secondary N) is 1. The van der Waals surface area contributed by atoms with Gasteiger partial charge in [-0.05, 0) is 43.0 Å². The summed E-state index contributed by atoms with van der Waals surface area (Å²) in [5.41, 5.74) is 2.68. The number of carbonyl (C=O) groups excluding carboxylic acids is 1. The first-order valence-corrected chi connectivity index (χ1v) is 9.17. The fourth-order valence-electron chi connectivity index (χ4n) is 2.77. The van der Waals surface area contributed by atoms with E-state index in [0.29, 0.717) is 17.9 Å². The first-order valence-electron chi connectivity index (χ1n) is 8.29. The number of urea groups is 1. The maximum atomic E-state index is 12.9. The zero-order valence-electron chi connectivity index (χ0n) is 15.3. The molecule has 0 aliphatic heterocycles. The Bertz CT molecular complexity index is 985. The minimum Gasteiger partial charge on any atom is -0.322 e. The number of carbonyl (C=O) groups is 1. The third kappa shape index (κ3) is 3.30. The Morgan fingerprint density at radius 1 is 1.19 bits per heavy atom. The molecule has 0 radical (unpaired) electrons. The van der Waals surface area contributed by atoms with Gasteiger partial charge < -0.3 is 10.2 Å². The molecule has 6 nitrogen and oxygen atoms in total. The fraction of sp³-hybridized carbons (Fsp3) is 0.263. The maximum Gasteiger partial charge on any atom is 0.322 e. The summed E-state index contributed by atoms with van der Waals surface area (Å²) < 4.78 is 3.30. The van der Waals surface area contributed by atoms with Crippen molar-refractivity contribution in [1.29, 1.82) is 0 Å². The molecule has 1 aromatic carbocycles. The summed E-state index contributed by atoms with van der Waals surface area (Å²) in [6, 6.07) is 11.1. The highest BCUT2D eigenvalue weighted by atomic mass is 32.1. The Kier molecular flexibility index (Phi) is 4.99. The Balaban J connectivity index is 1.85. The quantitative estimate of drug-likeness (QED) is 0.764. The van der Waals surface area contributed by atoms with Crippen molar-refractivity contribution in [1.82, 2.24) is 14.3 Å². The molecular formula is C19H22N4O2S. The molecule has 0 unspecified atom stereocenters. The number of nitrogens with zero attached hydrogens (tertiary/aromatic N) is 3. The standard InChI is InChI=1S/C19H22N4O2S/c1-13-10-11-26-16(13)12-21(3)19(25)20-17-14(2)22(4)23(18(17)24)15-8-6-5-7-9-15/h5-11H,12H2,1-4H3,(H,20,25). The van der Waals surface area contributed by atoms with Crippen LogP contribution in [0.15, 0.2) is 46.6 Å². The van der Waals surface area contributed by atoms with Crippen molar-refractivity contribution in [3.05, 3.63) is 68.3 Å². The second kappa shape index (κ2) is 7.21. The van der Waals surface area contributed by atoms with E-state index < -0.39 is 0 Å². The molecule has 0 aliphatic rings. The highest BCUT2D eigenvalue weighted by Gasteiger charge is 2.20. The van der Waals surface area contributed by atoms with Crippen LogP contribution >= 0.6 is 11.3 Å². The molecule has 136 valence electrons. The maximum absolute atomic E-state index is 12.9. The lowest BCUT2D eigenvalue weighted by Crippen LogP contribution is -2.32. The van der Waals surface area contributed by atoms with Gasteiger partial charge in [0.2, 0.25) is 0 Å². The van der Waals surface area contributed by atoms with Gasteiger partial charge in [-0.1, -0.05) is 18.2 Å². The molecule has 0 saturated heterocycles. The van der Waals surface area contributed by atoms with Gasteiger partial charge in [-0.2, -0.15) is 0 Å². The van der Waals surface area contributed by atoms with Crippen molar-refractivity contribution in [2.45, 2.75) is 20.4 Å². The third-order valence-corrected chi connectivity index (χ3v) is 5.49. The Morgan fingerprint density at radius 3 is 2.50 bits per heavy atom. The number of anilines is 1. The van der Waals surface area contributed by atoms with E-state index in [4.69, 9.17) is 0 Å². The van der Waals surface area contributed by atoms with Gasteiger partial charge in [0.05, 0.1) is 17.9 Å². The topological polar surface area (TPSA) is 59.3 Å². The molecule has 0 aliphatic carbocycles. The lowest BCUT2D eigenvalue weighted by Gasteiger charge is -2.17. The molecule has 2 heterocycles. The number of benzene rings is 1. The number of rotatable bonds is 4. The lowest BCUT2D eigenvalue weighted by atomic mass is 10.3. The van der Waals surface area contributed by atoms with Crippen LogP contribution in [0.4, 0.5) is 10.5 Å². The zero-order valence-corrected chi connectivity index (χ0v) is 16.1. The minimum atomic E-state index is -0.302. The summed E-state index contributed by atoms with van der Waals surface area (Å²) in [6.45, 7) is 4.35. The van der Waals surface area contributed by atoms with Gasteiger partial charge >= 0.3 is 6.03 Å². The Morgan fingerprint density at radius 2 is 1.88 bits per heavy atom. The van der Waals surface area contributed by atoms with Crippen molar-refractivity contribution in [3.63, 3.8) is 0 Å². The van der Waals surface area contributed by atoms with Crippen LogP contribution < -0.4 is 10.9 Å². The number of amides is 2. The second-order valence-corrected chi connectivity index (χ2v) is 7.25. The van der Waals surface area contributed by atoms with Crippen LogP contribution in [0.3, 0.4) is 0 Å². The SMILES string of the molecule is Cc1ccsc1CN(C)C(=O)Nc1c(C)n(C)n(-c2ccccc2)c1=O. The molecule has 0 fully saturated rings. The molecule has 2 aromatic heterocycles. The van der Waals surface area contributed by atoms with Crippen LogP contribution in [0.25, 0.3) is 5.69 Å². The van der Waals surface area contributed by atoms with Crippen molar-refractivity contribution in [2.75, 3.05) is 12.4 Å². The Hall–Kier alpha value is -2.80. The third-order valence-electron chi connectivity index (χ3n) is 4.48. The smallest absolute Gasteiger partial charge is 0.322 e. The number of aryl methyl sites for hydroxylation is 1. The summed E-state index contributed by atoms with van der Waals surface area (Å²) >= 11 is 1.62. The molecule has 0 bridgehead atoms. The van der Waals surface area contributed by atoms with Gasteiger partial charge in [0.1, 0.15) is 5.69 Å². The monoisotopic (exact) mass is 370 g/mol. The number of aromatic nitrogens is 2. The van der Waals surface area contributed by atoms with Gasteiger partial charge in [0, 0.05) is 19.0 Å². The number of para-hydroxylation sites is 1. The average molecular weight is 370 g/mol. The molecule has 2 amide bonds. The van der Waals surface area contributed by atoms with E-state index in [0.717, 1.165) is 16.1 Å². The lowest BCUT2D eigenvalue weighted by molar-refractivity contribution is 0.221. The molecule has 0 saturated carbocycles. The van der Waals surface area contributed by atoms with Crippen molar-refractivity contribution < 1.29 is 4.79 Å². The van der Waals surface area contributed by atoms with Crippen LogP contribution in [0.5, 0.6) is 0 Å².